The normalized spacial score (nSPS) is 18.2. The minimum Gasteiger partial charge on any atom is -0.390 e. The molecular formula is C7H10ClIN2. The maximum atomic E-state index is 7.05. The van der Waals surface area contributed by atoms with Crippen LogP contribution in [-0.2, 0) is 0 Å². The van der Waals surface area contributed by atoms with Gasteiger partial charge < -0.3 is 5.32 Å². The minimum atomic E-state index is 0.105. The van der Waals surface area contributed by atoms with Crippen LogP contribution in [0.3, 0.4) is 0 Å². The number of nitrogens with one attached hydrogen (secondary N) is 2. The Labute approximate surface area is 85.0 Å². The predicted octanol–water partition coefficient (Wildman–Crippen LogP) is 2.48. The molecule has 0 unspecified atom stereocenters. The van der Waals surface area contributed by atoms with Crippen molar-refractivity contribution in [3.05, 3.63) is 9.78 Å². The summed E-state index contributed by atoms with van der Waals surface area (Å²) in [5.41, 5.74) is 0. The number of hydrogen-bond donors (Lipinski definition) is 2. The van der Waals surface area contributed by atoms with Crippen molar-refractivity contribution in [2.45, 2.75) is 12.8 Å². The lowest BCUT2D eigenvalue weighted by atomic mass is 10.4. The molecule has 0 aliphatic heterocycles. The van der Waals surface area contributed by atoms with Crippen molar-refractivity contribution >= 4 is 39.4 Å². The smallest absolute Gasteiger partial charge is 0.135 e. The molecule has 0 heterocycles. The van der Waals surface area contributed by atoms with E-state index in [4.69, 9.17) is 17.0 Å². The highest BCUT2D eigenvalue weighted by atomic mass is 127. The van der Waals surface area contributed by atoms with E-state index in [0.29, 0.717) is 0 Å². The van der Waals surface area contributed by atoms with Crippen LogP contribution in [0.15, 0.2) is 9.78 Å². The third kappa shape index (κ3) is 3.96. The van der Waals surface area contributed by atoms with Gasteiger partial charge in [0.15, 0.2) is 0 Å². The maximum absolute atomic E-state index is 7.05. The summed E-state index contributed by atoms with van der Waals surface area (Å²) in [6, 6.07) is 0. The first-order valence-electron chi connectivity index (χ1n) is 3.53. The first-order valence-corrected chi connectivity index (χ1v) is 4.99. The van der Waals surface area contributed by atoms with E-state index in [0.717, 1.165) is 16.0 Å². The lowest BCUT2D eigenvalue weighted by Gasteiger charge is -1.97. The fourth-order valence-corrected chi connectivity index (χ4v) is 0.975. The van der Waals surface area contributed by atoms with E-state index in [-0.39, 0.29) is 5.17 Å². The molecule has 0 aromatic heterocycles. The SMILES string of the molecule is N=C(Cl)/C(I)=C\NCC1CC1. The van der Waals surface area contributed by atoms with Gasteiger partial charge in [-0.3, -0.25) is 5.41 Å². The fourth-order valence-electron chi connectivity index (χ4n) is 0.701. The van der Waals surface area contributed by atoms with E-state index in [2.05, 4.69) is 5.32 Å². The zero-order valence-electron chi connectivity index (χ0n) is 6.03. The van der Waals surface area contributed by atoms with E-state index < -0.39 is 0 Å². The van der Waals surface area contributed by atoms with Gasteiger partial charge in [-0.15, -0.1) is 0 Å². The molecule has 1 aliphatic rings. The van der Waals surface area contributed by atoms with Crippen LogP contribution in [0.25, 0.3) is 0 Å². The third-order valence-corrected chi connectivity index (χ3v) is 2.92. The van der Waals surface area contributed by atoms with E-state index in [1.807, 2.05) is 22.6 Å². The van der Waals surface area contributed by atoms with Crippen LogP contribution >= 0.6 is 34.2 Å². The molecule has 1 fully saturated rings. The molecule has 4 heteroatoms. The highest BCUT2D eigenvalue weighted by Gasteiger charge is 2.19. The van der Waals surface area contributed by atoms with E-state index in [1.54, 1.807) is 6.20 Å². The van der Waals surface area contributed by atoms with Crippen LogP contribution in [0.1, 0.15) is 12.8 Å². The first kappa shape index (κ1) is 9.32. The largest absolute Gasteiger partial charge is 0.390 e. The Morgan fingerprint density at radius 2 is 2.36 bits per heavy atom. The number of allylic oxidation sites excluding steroid dienone is 1. The zero-order valence-corrected chi connectivity index (χ0v) is 8.95. The molecule has 2 nitrogen and oxygen atoms in total. The summed E-state index contributed by atoms with van der Waals surface area (Å²) in [5.74, 6) is 0.861. The molecule has 11 heavy (non-hydrogen) atoms. The van der Waals surface area contributed by atoms with Crippen LogP contribution in [0, 0.1) is 11.3 Å². The number of halogens is 2. The second-order valence-electron chi connectivity index (χ2n) is 2.66. The van der Waals surface area contributed by atoms with Gasteiger partial charge in [0.25, 0.3) is 0 Å². The van der Waals surface area contributed by atoms with Crippen LogP contribution in [0.5, 0.6) is 0 Å². The Kier molecular flexibility index (Phi) is 3.65. The maximum Gasteiger partial charge on any atom is 0.135 e. The summed E-state index contributed by atoms with van der Waals surface area (Å²) in [6.07, 6.45) is 4.49. The molecular weight excluding hydrogens is 274 g/mol. The van der Waals surface area contributed by atoms with Gasteiger partial charge in [-0.2, -0.15) is 0 Å². The summed E-state index contributed by atoms with van der Waals surface area (Å²) in [6.45, 7) is 1.02. The summed E-state index contributed by atoms with van der Waals surface area (Å²) in [7, 11) is 0. The lowest BCUT2D eigenvalue weighted by Crippen LogP contribution is -2.09. The van der Waals surface area contributed by atoms with Crippen molar-refractivity contribution in [2.75, 3.05) is 6.54 Å². The summed E-state index contributed by atoms with van der Waals surface area (Å²) in [5, 5.41) is 10.3. The molecule has 0 amide bonds. The molecule has 0 saturated heterocycles. The van der Waals surface area contributed by atoms with E-state index in [1.165, 1.54) is 12.8 Å². The Bertz CT molecular complexity index is 187. The van der Waals surface area contributed by atoms with Crippen LogP contribution in [-0.4, -0.2) is 11.7 Å². The van der Waals surface area contributed by atoms with E-state index in [9.17, 15) is 0 Å². The van der Waals surface area contributed by atoms with Crippen molar-refractivity contribution in [1.82, 2.24) is 5.32 Å². The lowest BCUT2D eigenvalue weighted by molar-refractivity contribution is 0.747. The molecule has 1 aliphatic carbocycles. The topological polar surface area (TPSA) is 35.9 Å². The molecule has 0 radical (unpaired) electrons. The average molecular weight is 285 g/mol. The van der Waals surface area contributed by atoms with Gasteiger partial charge in [-0.1, -0.05) is 11.6 Å². The van der Waals surface area contributed by atoms with Gasteiger partial charge in [-0.25, -0.2) is 0 Å². The van der Waals surface area contributed by atoms with Gasteiger partial charge in [-0.05, 0) is 41.4 Å². The molecule has 62 valence electrons. The third-order valence-electron chi connectivity index (χ3n) is 1.54. The van der Waals surface area contributed by atoms with Crippen molar-refractivity contribution in [3.63, 3.8) is 0 Å². The van der Waals surface area contributed by atoms with Crippen molar-refractivity contribution in [3.8, 4) is 0 Å². The second kappa shape index (κ2) is 4.30. The van der Waals surface area contributed by atoms with Crippen molar-refractivity contribution in [1.29, 1.82) is 5.41 Å². The van der Waals surface area contributed by atoms with Gasteiger partial charge >= 0.3 is 0 Å². The predicted molar refractivity (Wildman–Crippen MR) is 56.4 cm³/mol. The average Bonchev–Trinajstić information content (AvgIpc) is 2.71. The monoisotopic (exact) mass is 284 g/mol. The fraction of sp³-hybridized carbons (Fsp3) is 0.571. The number of rotatable bonds is 4. The Balaban J connectivity index is 2.15. The second-order valence-corrected chi connectivity index (χ2v) is 4.20. The van der Waals surface area contributed by atoms with Crippen LogP contribution in [0.2, 0.25) is 0 Å². The molecule has 0 spiro atoms. The minimum absolute atomic E-state index is 0.105. The van der Waals surface area contributed by atoms with E-state index >= 15 is 0 Å². The quantitative estimate of drug-likeness (QED) is 0.604. The molecule has 0 bridgehead atoms. The molecule has 0 atom stereocenters. The summed E-state index contributed by atoms with van der Waals surface area (Å²) >= 11 is 7.47. The Morgan fingerprint density at radius 3 is 2.82 bits per heavy atom. The Morgan fingerprint density at radius 1 is 1.73 bits per heavy atom. The van der Waals surface area contributed by atoms with Gasteiger partial charge in [0.1, 0.15) is 5.17 Å². The van der Waals surface area contributed by atoms with Gasteiger partial charge in [0.2, 0.25) is 0 Å². The highest BCUT2D eigenvalue weighted by Crippen LogP contribution is 2.27. The zero-order chi connectivity index (χ0) is 8.27. The standard InChI is InChI=1S/C7H10ClIN2/c8-7(10)6(9)4-11-3-5-1-2-5/h4-5,10-11H,1-3H2/b6-4+,10-7?. The summed E-state index contributed by atoms with van der Waals surface area (Å²) in [4.78, 5) is 0. The van der Waals surface area contributed by atoms with Crippen molar-refractivity contribution in [2.24, 2.45) is 5.92 Å². The molecule has 1 rings (SSSR count). The van der Waals surface area contributed by atoms with Gasteiger partial charge in [0.05, 0.1) is 3.58 Å². The number of hydrogen-bond acceptors (Lipinski definition) is 2. The summed E-state index contributed by atoms with van der Waals surface area (Å²) < 4.78 is 0.768. The van der Waals surface area contributed by atoms with Crippen molar-refractivity contribution < 1.29 is 0 Å². The molecule has 1 saturated carbocycles. The van der Waals surface area contributed by atoms with Gasteiger partial charge in [0, 0.05) is 12.7 Å². The van der Waals surface area contributed by atoms with Crippen LogP contribution in [0.4, 0.5) is 0 Å². The first-order chi connectivity index (χ1) is 5.20. The molecule has 0 aromatic rings. The Hall–Kier alpha value is 0.230. The molecule has 2 N–H and O–H groups in total. The highest BCUT2D eigenvalue weighted by molar-refractivity contribution is 14.1. The van der Waals surface area contributed by atoms with Crippen LogP contribution < -0.4 is 5.32 Å². The molecule has 0 aromatic carbocycles.